The monoisotopic (exact) mass is 313 g/mol. The van der Waals surface area contributed by atoms with Gasteiger partial charge in [-0.15, -0.1) is 0 Å². The van der Waals surface area contributed by atoms with Crippen molar-refractivity contribution in [2.45, 2.75) is 38.3 Å². The van der Waals surface area contributed by atoms with Gasteiger partial charge < -0.3 is 9.84 Å². The first-order valence-electron chi connectivity index (χ1n) is 8.56. The van der Waals surface area contributed by atoms with Gasteiger partial charge in [-0.2, -0.15) is 4.98 Å². The van der Waals surface area contributed by atoms with Crippen LogP contribution in [0, 0.1) is 5.92 Å². The second kappa shape index (κ2) is 6.76. The van der Waals surface area contributed by atoms with Crippen LogP contribution in [-0.4, -0.2) is 45.7 Å². The number of hydrogen-bond donors (Lipinski definition) is 1. The summed E-state index contributed by atoms with van der Waals surface area (Å²) in [5.41, 5.74) is 0.950. The first kappa shape index (κ1) is 14.8. The summed E-state index contributed by atoms with van der Waals surface area (Å²) in [6.07, 6.45) is 8.65. The Morgan fingerprint density at radius 1 is 1.13 bits per heavy atom. The molecule has 1 aliphatic carbocycles. The third kappa shape index (κ3) is 3.76. The van der Waals surface area contributed by atoms with Crippen LogP contribution in [-0.2, 0) is 6.54 Å². The highest BCUT2D eigenvalue weighted by molar-refractivity contribution is 5.52. The highest BCUT2D eigenvalue weighted by Gasteiger charge is 2.30. The van der Waals surface area contributed by atoms with Gasteiger partial charge in [0.05, 0.1) is 6.54 Å². The van der Waals surface area contributed by atoms with Crippen molar-refractivity contribution in [3.05, 3.63) is 30.4 Å². The SMILES string of the molecule is c1cc(-c2noc(CN(CC3CC3)C3CCNCC3)n2)ccn1. The fraction of sp³-hybridized carbons (Fsp3) is 0.588. The lowest BCUT2D eigenvalue weighted by molar-refractivity contribution is 0.131. The van der Waals surface area contributed by atoms with Gasteiger partial charge in [-0.3, -0.25) is 9.88 Å². The lowest BCUT2D eigenvalue weighted by Gasteiger charge is -2.33. The Labute approximate surface area is 136 Å². The summed E-state index contributed by atoms with van der Waals surface area (Å²) >= 11 is 0. The predicted molar refractivity (Wildman–Crippen MR) is 86.6 cm³/mol. The molecule has 6 nitrogen and oxygen atoms in total. The first-order chi connectivity index (χ1) is 11.4. The van der Waals surface area contributed by atoms with Crippen molar-refractivity contribution in [2.75, 3.05) is 19.6 Å². The normalized spacial score (nSPS) is 19.3. The summed E-state index contributed by atoms with van der Waals surface area (Å²) in [5, 5.41) is 7.57. The number of nitrogens with one attached hydrogen (secondary N) is 1. The number of pyridine rings is 1. The highest BCUT2D eigenvalue weighted by atomic mass is 16.5. The van der Waals surface area contributed by atoms with Gasteiger partial charge in [0.15, 0.2) is 0 Å². The predicted octanol–water partition coefficient (Wildman–Crippen LogP) is 2.10. The van der Waals surface area contributed by atoms with Crippen LogP contribution in [0.25, 0.3) is 11.4 Å². The van der Waals surface area contributed by atoms with E-state index in [2.05, 4.69) is 25.3 Å². The standard InChI is InChI=1S/C17H23N5O/c1-2-13(1)11-22(15-5-9-19-10-6-15)12-16-20-17(21-23-16)14-3-7-18-8-4-14/h3-4,7-8,13,15,19H,1-2,5-6,9-12H2. The Morgan fingerprint density at radius 2 is 1.91 bits per heavy atom. The molecule has 23 heavy (non-hydrogen) atoms. The van der Waals surface area contributed by atoms with E-state index in [4.69, 9.17) is 4.52 Å². The van der Waals surface area contributed by atoms with Crippen LogP contribution in [0.2, 0.25) is 0 Å². The second-order valence-electron chi connectivity index (χ2n) is 6.60. The molecule has 1 aliphatic heterocycles. The molecule has 0 radical (unpaired) electrons. The zero-order chi connectivity index (χ0) is 15.5. The Balaban J connectivity index is 1.46. The highest BCUT2D eigenvalue weighted by Crippen LogP contribution is 2.32. The Hall–Kier alpha value is -1.79. The van der Waals surface area contributed by atoms with Gasteiger partial charge in [-0.05, 0) is 56.8 Å². The number of rotatable bonds is 6. The fourth-order valence-electron chi connectivity index (χ4n) is 3.26. The molecule has 122 valence electrons. The third-order valence-corrected chi connectivity index (χ3v) is 4.76. The van der Waals surface area contributed by atoms with E-state index in [9.17, 15) is 0 Å². The summed E-state index contributed by atoms with van der Waals surface area (Å²) in [6, 6.07) is 4.44. The molecule has 2 aliphatic rings. The van der Waals surface area contributed by atoms with E-state index < -0.39 is 0 Å². The number of nitrogens with zero attached hydrogens (tertiary/aromatic N) is 4. The van der Waals surface area contributed by atoms with E-state index in [1.807, 2.05) is 12.1 Å². The molecule has 1 saturated heterocycles. The number of piperidine rings is 1. The first-order valence-corrected chi connectivity index (χ1v) is 8.56. The van der Waals surface area contributed by atoms with E-state index in [1.165, 1.54) is 25.7 Å². The minimum absolute atomic E-state index is 0.633. The van der Waals surface area contributed by atoms with E-state index in [-0.39, 0.29) is 0 Å². The Bertz CT molecular complexity index is 619. The van der Waals surface area contributed by atoms with Gasteiger partial charge >= 0.3 is 0 Å². The van der Waals surface area contributed by atoms with Gasteiger partial charge in [0.25, 0.3) is 0 Å². The molecule has 0 bridgehead atoms. The minimum Gasteiger partial charge on any atom is -0.338 e. The van der Waals surface area contributed by atoms with E-state index in [0.717, 1.165) is 43.6 Å². The number of aromatic nitrogens is 3. The molecule has 1 N–H and O–H groups in total. The number of hydrogen-bond acceptors (Lipinski definition) is 6. The molecule has 2 fully saturated rings. The summed E-state index contributed by atoms with van der Waals surface area (Å²) in [7, 11) is 0. The maximum absolute atomic E-state index is 5.50. The van der Waals surface area contributed by atoms with Crippen LogP contribution >= 0.6 is 0 Å². The van der Waals surface area contributed by atoms with Crippen LogP contribution in [0.3, 0.4) is 0 Å². The molecule has 0 atom stereocenters. The largest absolute Gasteiger partial charge is 0.338 e. The summed E-state index contributed by atoms with van der Waals surface area (Å²) in [6.45, 7) is 4.15. The summed E-state index contributed by atoms with van der Waals surface area (Å²) in [4.78, 5) is 11.2. The van der Waals surface area contributed by atoms with Crippen LogP contribution in [0.4, 0.5) is 0 Å². The van der Waals surface area contributed by atoms with Crippen molar-refractivity contribution >= 4 is 0 Å². The molecular formula is C17H23N5O. The van der Waals surface area contributed by atoms with Crippen molar-refractivity contribution < 1.29 is 4.52 Å². The van der Waals surface area contributed by atoms with Crippen molar-refractivity contribution in [1.29, 1.82) is 0 Å². The van der Waals surface area contributed by atoms with Gasteiger partial charge in [0.1, 0.15) is 0 Å². The van der Waals surface area contributed by atoms with E-state index in [0.29, 0.717) is 11.9 Å². The fourth-order valence-corrected chi connectivity index (χ4v) is 3.26. The second-order valence-corrected chi connectivity index (χ2v) is 6.60. The molecule has 0 aromatic carbocycles. The molecule has 4 rings (SSSR count). The summed E-state index contributed by atoms with van der Waals surface area (Å²) < 4.78 is 5.50. The maximum atomic E-state index is 5.50. The van der Waals surface area contributed by atoms with Gasteiger partial charge in [-0.25, -0.2) is 0 Å². The smallest absolute Gasteiger partial charge is 0.241 e. The van der Waals surface area contributed by atoms with Crippen molar-refractivity contribution in [1.82, 2.24) is 25.3 Å². The lowest BCUT2D eigenvalue weighted by atomic mass is 10.0. The van der Waals surface area contributed by atoms with Crippen molar-refractivity contribution in [2.24, 2.45) is 5.92 Å². The van der Waals surface area contributed by atoms with Crippen LogP contribution in [0.1, 0.15) is 31.6 Å². The third-order valence-electron chi connectivity index (χ3n) is 4.76. The molecule has 0 unspecified atom stereocenters. The average Bonchev–Trinajstić information content (AvgIpc) is 3.31. The molecule has 3 heterocycles. The molecule has 0 spiro atoms. The van der Waals surface area contributed by atoms with E-state index in [1.54, 1.807) is 12.4 Å². The van der Waals surface area contributed by atoms with Crippen LogP contribution in [0.15, 0.2) is 29.0 Å². The van der Waals surface area contributed by atoms with Crippen LogP contribution < -0.4 is 5.32 Å². The molecule has 1 saturated carbocycles. The Kier molecular flexibility index (Phi) is 4.35. The van der Waals surface area contributed by atoms with Crippen molar-refractivity contribution in [3.63, 3.8) is 0 Å². The molecule has 2 aromatic heterocycles. The van der Waals surface area contributed by atoms with Crippen molar-refractivity contribution in [3.8, 4) is 11.4 Å². The average molecular weight is 313 g/mol. The molecule has 0 amide bonds. The maximum Gasteiger partial charge on any atom is 0.241 e. The Morgan fingerprint density at radius 3 is 2.65 bits per heavy atom. The molecule has 6 heteroatoms. The van der Waals surface area contributed by atoms with Gasteiger partial charge in [-0.1, -0.05) is 5.16 Å². The van der Waals surface area contributed by atoms with Crippen LogP contribution in [0.5, 0.6) is 0 Å². The molecular weight excluding hydrogens is 290 g/mol. The topological polar surface area (TPSA) is 67.1 Å². The van der Waals surface area contributed by atoms with Gasteiger partial charge in [0.2, 0.25) is 11.7 Å². The zero-order valence-electron chi connectivity index (χ0n) is 13.3. The zero-order valence-corrected chi connectivity index (χ0v) is 13.3. The summed E-state index contributed by atoms with van der Waals surface area (Å²) in [5.74, 6) is 2.24. The minimum atomic E-state index is 0.633. The molecule has 2 aromatic rings. The lowest BCUT2D eigenvalue weighted by Crippen LogP contribution is -2.43. The quantitative estimate of drug-likeness (QED) is 0.881. The van der Waals surface area contributed by atoms with E-state index >= 15 is 0 Å². The van der Waals surface area contributed by atoms with Gasteiger partial charge in [0, 0.05) is 30.5 Å².